The Morgan fingerprint density at radius 2 is 2.17 bits per heavy atom. The Balaban J connectivity index is 1.68. The summed E-state index contributed by atoms with van der Waals surface area (Å²) in [5.41, 5.74) is 1.61. The average molecular weight is 316 g/mol. The van der Waals surface area contributed by atoms with E-state index in [9.17, 15) is 4.79 Å². The zero-order valence-corrected chi connectivity index (χ0v) is 14.0. The van der Waals surface area contributed by atoms with Crippen molar-refractivity contribution in [1.82, 2.24) is 20.1 Å². The average Bonchev–Trinajstić information content (AvgIpc) is 2.89. The highest BCUT2D eigenvalue weighted by molar-refractivity contribution is 5.68. The Morgan fingerprint density at radius 3 is 2.96 bits per heavy atom. The minimum Gasteiger partial charge on any atom is -0.444 e. The van der Waals surface area contributed by atoms with Gasteiger partial charge in [0.15, 0.2) is 0 Å². The third-order valence-corrected chi connectivity index (χ3v) is 4.13. The maximum absolute atomic E-state index is 12.0. The van der Waals surface area contributed by atoms with Crippen LogP contribution in [0.15, 0.2) is 24.4 Å². The summed E-state index contributed by atoms with van der Waals surface area (Å²) in [5, 5.41) is 11.5. The number of ether oxygens (including phenoxy) is 1. The number of nitrogens with zero attached hydrogens (tertiary/aromatic N) is 3. The van der Waals surface area contributed by atoms with Gasteiger partial charge in [-0.1, -0.05) is 17.7 Å². The predicted molar refractivity (Wildman–Crippen MR) is 87.4 cm³/mol. The first-order valence-electron chi connectivity index (χ1n) is 8.22. The van der Waals surface area contributed by atoms with Crippen LogP contribution in [0, 0.1) is 0 Å². The number of carbonyl (C=O) groups excluding carboxylic acids is 1. The molecule has 1 aliphatic carbocycles. The fourth-order valence-electron chi connectivity index (χ4n) is 3.20. The number of rotatable bonds is 2. The van der Waals surface area contributed by atoms with Gasteiger partial charge in [-0.2, -0.15) is 0 Å². The van der Waals surface area contributed by atoms with Gasteiger partial charge in [-0.05, 0) is 52.2 Å². The Morgan fingerprint density at radius 1 is 1.35 bits per heavy atom. The van der Waals surface area contributed by atoms with Crippen LogP contribution in [0.5, 0.6) is 0 Å². The SMILES string of the molecule is CC(C)(C)OC(=O)NC1CCCC(c2nnn3ccccc23)C1. The third-order valence-electron chi connectivity index (χ3n) is 4.13. The molecule has 0 bridgehead atoms. The maximum atomic E-state index is 12.0. The van der Waals surface area contributed by atoms with E-state index in [-0.39, 0.29) is 12.1 Å². The Bertz CT molecular complexity index is 689. The van der Waals surface area contributed by atoms with Gasteiger partial charge in [0.2, 0.25) is 0 Å². The van der Waals surface area contributed by atoms with Crippen molar-refractivity contribution in [3.63, 3.8) is 0 Å². The lowest BCUT2D eigenvalue weighted by molar-refractivity contribution is 0.0490. The van der Waals surface area contributed by atoms with Gasteiger partial charge in [0, 0.05) is 18.2 Å². The molecule has 0 aromatic carbocycles. The largest absolute Gasteiger partial charge is 0.444 e. The molecular formula is C17H24N4O2. The first kappa shape index (κ1) is 15.8. The van der Waals surface area contributed by atoms with E-state index in [0.717, 1.165) is 36.9 Å². The zero-order chi connectivity index (χ0) is 16.4. The van der Waals surface area contributed by atoms with Crippen molar-refractivity contribution in [1.29, 1.82) is 0 Å². The molecule has 0 saturated heterocycles. The molecule has 0 spiro atoms. The van der Waals surface area contributed by atoms with Gasteiger partial charge < -0.3 is 10.1 Å². The van der Waals surface area contributed by atoms with Gasteiger partial charge in [0.1, 0.15) is 5.60 Å². The van der Waals surface area contributed by atoms with Crippen molar-refractivity contribution in [2.24, 2.45) is 0 Å². The number of alkyl carbamates (subject to hydrolysis) is 1. The normalized spacial score (nSPS) is 22.0. The van der Waals surface area contributed by atoms with Crippen molar-refractivity contribution < 1.29 is 9.53 Å². The number of carbonyl (C=O) groups is 1. The summed E-state index contributed by atoms with van der Waals surface area (Å²) >= 11 is 0. The monoisotopic (exact) mass is 316 g/mol. The highest BCUT2D eigenvalue weighted by Crippen LogP contribution is 2.33. The lowest BCUT2D eigenvalue weighted by Crippen LogP contribution is -2.41. The first-order chi connectivity index (χ1) is 10.9. The smallest absolute Gasteiger partial charge is 0.407 e. The molecule has 3 rings (SSSR count). The van der Waals surface area contributed by atoms with Gasteiger partial charge in [-0.25, -0.2) is 9.31 Å². The topological polar surface area (TPSA) is 68.5 Å². The first-order valence-corrected chi connectivity index (χ1v) is 8.22. The van der Waals surface area contributed by atoms with Crippen LogP contribution in [-0.4, -0.2) is 32.6 Å². The second kappa shape index (κ2) is 6.18. The van der Waals surface area contributed by atoms with Gasteiger partial charge >= 0.3 is 6.09 Å². The molecule has 1 amide bonds. The van der Waals surface area contributed by atoms with E-state index in [1.807, 2.05) is 45.2 Å². The van der Waals surface area contributed by atoms with Crippen molar-refractivity contribution in [2.45, 2.75) is 64.0 Å². The minimum absolute atomic E-state index is 0.129. The summed E-state index contributed by atoms with van der Waals surface area (Å²) in [4.78, 5) is 12.0. The molecule has 1 saturated carbocycles. The highest BCUT2D eigenvalue weighted by atomic mass is 16.6. The van der Waals surface area contributed by atoms with Gasteiger partial charge in [-0.3, -0.25) is 0 Å². The van der Waals surface area contributed by atoms with E-state index >= 15 is 0 Å². The van der Waals surface area contributed by atoms with Crippen molar-refractivity contribution in [2.75, 3.05) is 0 Å². The third kappa shape index (κ3) is 3.81. The van der Waals surface area contributed by atoms with E-state index in [1.54, 1.807) is 4.52 Å². The molecule has 0 radical (unpaired) electrons. The fourth-order valence-corrected chi connectivity index (χ4v) is 3.20. The molecule has 2 atom stereocenters. The molecule has 23 heavy (non-hydrogen) atoms. The summed E-state index contributed by atoms with van der Waals surface area (Å²) in [6.07, 6.45) is 5.57. The molecule has 6 nitrogen and oxygen atoms in total. The van der Waals surface area contributed by atoms with E-state index in [2.05, 4.69) is 15.6 Å². The highest BCUT2D eigenvalue weighted by Gasteiger charge is 2.28. The minimum atomic E-state index is -0.470. The Labute approximate surface area is 136 Å². The van der Waals surface area contributed by atoms with Crippen LogP contribution in [0.2, 0.25) is 0 Å². The molecule has 6 heteroatoms. The molecule has 2 unspecified atom stereocenters. The number of hydrogen-bond acceptors (Lipinski definition) is 4. The van der Waals surface area contributed by atoms with E-state index in [0.29, 0.717) is 5.92 Å². The molecular weight excluding hydrogens is 292 g/mol. The van der Waals surface area contributed by atoms with Crippen LogP contribution in [0.1, 0.15) is 58.1 Å². The number of nitrogens with one attached hydrogen (secondary N) is 1. The molecule has 0 aliphatic heterocycles. The molecule has 124 valence electrons. The number of hydrogen-bond donors (Lipinski definition) is 1. The molecule has 2 aromatic heterocycles. The summed E-state index contributed by atoms with van der Waals surface area (Å²) in [6, 6.07) is 6.12. The predicted octanol–water partition coefficient (Wildman–Crippen LogP) is 3.28. The second-order valence-electron chi connectivity index (χ2n) is 7.21. The molecule has 2 heterocycles. The van der Waals surface area contributed by atoms with Crippen molar-refractivity contribution in [3.8, 4) is 0 Å². The number of amides is 1. The lowest BCUT2D eigenvalue weighted by atomic mass is 9.83. The number of pyridine rings is 1. The van der Waals surface area contributed by atoms with Gasteiger partial charge in [0.05, 0.1) is 11.2 Å². The van der Waals surface area contributed by atoms with Crippen LogP contribution in [0.25, 0.3) is 5.52 Å². The van der Waals surface area contributed by atoms with Gasteiger partial charge in [-0.15, -0.1) is 5.10 Å². The van der Waals surface area contributed by atoms with Crippen LogP contribution in [-0.2, 0) is 4.74 Å². The zero-order valence-electron chi connectivity index (χ0n) is 14.0. The molecule has 2 aromatic rings. The van der Waals surface area contributed by atoms with E-state index < -0.39 is 5.60 Å². The summed E-state index contributed by atoms with van der Waals surface area (Å²) < 4.78 is 7.16. The van der Waals surface area contributed by atoms with Crippen LogP contribution in [0.4, 0.5) is 4.79 Å². The standard InChI is InChI=1S/C17H24N4O2/c1-17(2,3)23-16(22)18-13-8-6-7-12(11-13)15-14-9-4-5-10-21(14)20-19-15/h4-5,9-10,12-13H,6-8,11H2,1-3H3,(H,18,22). The van der Waals surface area contributed by atoms with Crippen molar-refractivity contribution >= 4 is 11.6 Å². The van der Waals surface area contributed by atoms with Crippen molar-refractivity contribution in [3.05, 3.63) is 30.1 Å². The van der Waals surface area contributed by atoms with Crippen LogP contribution in [0.3, 0.4) is 0 Å². The molecule has 1 fully saturated rings. The molecule has 1 aliphatic rings. The Hall–Kier alpha value is -2.11. The van der Waals surface area contributed by atoms with Crippen LogP contribution >= 0.6 is 0 Å². The summed E-state index contributed by atoms with van der Waals surface area (Å²) in [6.45, 7) is 5.62. The number of aromatic nitrogens is 3. The quantitative estimate of drug-likeness (QED) is 0.923. The summed E-state index contributed by atoms with van der Waals surface area (Å²) in [5.74, 6) is 0.323. The fraction of sp³-hybridized carbons (Fsp3) is 0.588. The molecule has 1 N–H and O–H groups in total. The number of fused-ring (bicyclic) bond motifs is 1. The maximum Gasteiger partial charge on any atom is 0.407 e. The lowest BCUT2D eigenvalue weighted by Gasteiger charge is -2.29. The van der Waals surface area contributed by atoms with E-state index in [1.165, 1.54) is 0 Å². The second-order valence-corrected chi connectivity index (χ2v) is 7.21. The van der Waals surface area contributed by atoms with Crippen LogP contribution < -0.4 is 5.32 Å². The van der Waals surface area contributed by atoms with Gasteiger partial charge in [0.25, 0.3) is 0 Å². The van der Waals surface area contributed by atoms with E-state index in [4.69, 9.17) is 4.74 Å². The summed E-state index contributed by atoms with van der Waals surface area (Å²) in [7, 11) is 0. The Kier molecular flexibility index (Phi) is 4.24.